The highest BCUT2D eigenvalue weighted by Crippen LogP contribution is 2.11. The number of ether oxygens (including phenoxy) is 1. The summed E-state index contributed by atoms with van der Waals surface area (Å²) in [5.74, 6) is 0.611. The molecule has 1 aromatic carbocycles. The van der Waals surface area contributed by atoms with Crippen LogP contribution in [0.15, 0.2) is 24.3 Å². The van der Waals surface area contributed by atoms with Crippen LogP contribution in [0.1, 0.15) is 19.4 Å². The van der Waals surface area contributed by atoms with E-state index in [4.69, 9.17) is 15.1 Å². The SMILES string of the molecule is CC(C)(CO)NC[C@H](O)COc1ccc(C#N)cc1. The molecular weight excluding hydrogens is 244 g/mol. The summed E-state index contributed by atoms with van der Waals surface area (Å²) < 4.78 is 5.40. The summed E-state index contributed by atoms with van der Waals surface area (Å²) in [5, 5.41) is 30.5. The first-order chi connectivity index (χ1) is 8.96. The number of nitriles is 1. The largest absolute Gasteiger partial charge is 0.491 e. The number of hydrogen-bond donors (Lipinski definition) is 3. The molecule has 0 saturated carbocycles. The van der Waals surface area contributed by atoms with Gasteiger partial charge in [0.15, 0.2) is 0 Å². The average Bonchev–Trinajstić information content (AvgIpc) is 2.43. The van der Waals surface area contributed by atoms with Crippen molar-refractivity contribution in [2.75, 3.05) is 19.8 Å². The lowest BCUT2D eigenvalue weighted by Crippen LogP contribution is -2.47. The van der Waals surface area contributed by atoms with Gasteiger partial charge in [-0.2, -0.15) is 5.26 Å². The third-order valence-corrected chi connectivity index (χ3v) is 2.64. The number of nitrogens with one attached hydrogen (secondary N) is 1. The predicted octanol–water partition coefficient (Wildman–Crippen LogP) is 0.658. The Morgan fingerprint density at radius 2 is 2.00 bits per heavy atom. The van der Waals surface area contributed by atoms with Gasteiger partial charge in [-0.1, -0.05) is 0 Å². The first-order valence-electron chi connectivity index (χ1n) is 6.14. The van der Waals surface area contributed by atoms with E-state index in [1.807, 2.05) is 19.9 Å². The lowest BCUT2D eigenvalue weighted by atomic mass is 10.1. The molecule has 0 saturated heterocycles. The number of benzene rings is 1. The Morgan fingerprint density at radius 3 is 2.53 bits per heavy atom. The standard InChI is InChI=1S/C14H20N2O3/c1-14(2,10-17)16-8-12(18)9-19-13-5-3-11(7-15)4-6-13/h3-6,12,16-18H,8-10H2,1-2H3/t12-/m0/s1. The fraction of sp³-hybridized carbons (Fsp3) is 0.500. The van der Waals surface area contributed by atoms with Crippen molar-refractivity contribution in [2.24, 2.45) is 0 Å². The molecule has 0 aromatic heterocycles. The van der Waals surface area contributed by atoms with Crippen LogP contribution >= 0.6 is 0 Å². The second-order valence-corrected chi connectivity index (χ2v) is 5.02. The quantitative estimate of drug-likeness (QED) is 0.673. The van der Waals surface area contributed by atoms with E-state index in [0.717, 1.165) is 0 Å². The molecule has 3 N–H and O–H groups in total. The molecule has 19 heavy (non-hydrogen) atoms. The Labute approximate surface area is 113 Å². The number of aliphatic hydroxyl groups is 2. The molecule has 1 rings (SSSR count). The Balaban J connectivity index is 2.33. The van der Waals surface area contributed by atoms with Gasteiger partial charge in [-0.3, -0.25) is 0 Å². The van der Waals surface area contributed by atoms with Gasteiger partial charge in [0.2, 0.25) is 0 Å². The molecule has 0 amide bonds. The first-order valence-corrected chi connectivity index (χ1v) is 6.14. The third-order valence-electron chi connectivity index (χ3n) is 2.64. The molecule has 0 spiro atoms. The maximum absolute atomic E-state index is 9.75. The van der Waals surface area contributed by atoms with Crippen molar-refractivity contribution in [3.63, 3.8) is 0 Å². The average molecular weight is 264 g/mol. The van der Waals surface area contributed by atoms with Crippen LogP contribution in [0.2, 0.25) is 0 Å². The van der Waals surface area contributed by atoms with E-state index in [1.165, 1.54) is 0 Å². The van der Waals surface area contributed by atoms with Gasteiger partial charge in [-0.05, 0) is 38.1 Å². The summed E-state index contributed by atoms with van der Waals surface area (Å²) in [6.45, 7) is 4.18. The highest BCUT2D eigenvalue weighted by molar-refractivity contribution is 5.34. The Morgan fingerprint density at radius 1 is 1.37 bits per heavy atom. The van der Waals surface area contributed by atoms with Crippen molar-refractivity contribution in [1.29, 1.82) is 5.26 Å². The predicted molar refractivity (Wildman–Crippen MR) is 71.8 cm³/mol. The molecule has 104 valence electrons. The maximum atomic E-state index is 9.75. The van der Waals surface area contributed by atoms with Crippen molar-refractivity contribution >= 4 is 0 Å². The first kappa shape index (κ1) is 15.4. The van der Waals surface area contributed by atoms with Crippen molar-refractivity contribution in [2.45, 2.75) is 25.5 Å². The van der Waals surface area contributed by atoms with E-state index in [1.54, 1.807) is 24.3 Å². The molecule has 0 aliphatic rings. The number of nitrogens with zero attached hydrogens (tertiary/aromatic N) is 1. The lowest BCUT2D eigenvalue weighted by molar-refractivity contribution is 0.0907. The van der Waals surface area contributed by atoms with E-state index in [9.17, 15) is 5.11 Å². The summed E-state index contributed by atoms with van der Waals surface area (Å²) >= 11 is 0. The van der Waals surface area contributed by atoms with E-state index in [2.05, 4.69) is 5.32 Å². The molecule has 0 fully saturated rings. The minimum Gasteiger partial charge on any atom is -0.491 e. The molecule has 0 unspecified atom stereocenters. The van der Waals surface area contributed by atoms with Crippen LogP contribution in [0.25, 0.3) is 0 Å². The van der Waals surface area contributed by atoms with Crippen LogP contribution in [0.4, 0.5) is 0 Å². The van der Waals surface area contributed by atoms with Crippen LogP contribution in [0, 0.1) is 11.3 Å². The number of β-amino-alcohol motifs (C(OH)–C–C–N with tert-alkyl or cyclic N) is 1. The smallest absolute Gasteiger partial charge is 0.119 e. The highest BCUT2D eigenvalue weighted by Gasteiger charge is 2.17. The number of aliphatic hydroxyl groups excluding tert-OH is 2. The topological polar surface area (TPSA) is 85.5 Å². The minimum absolute atomic E-state index is 0.00377. The van der Waals surface area contributed by atoms with E-state index < -0.39 is 11.6 Å². The zero-order valence-corrected chi connectivity index (χ0v) is 11.3. The zero-order valence-electron chi connectivity index (χ0n) is 11.3. The van der Waals surface area contributed by atoms with Crippen molar-refractivity contribution in [1.82, 2.24) is 5.32 Å². The van der Waals surface area contributed by atoms with Gasteiger partial charge in [-0.25, -0.2) is 0 Å². The monoisotopic (exact) mass is 264 g/mol. The van der Waals surface area contributed by atoms with Gasteiger partial charge in [-0.15, -0.1) is 0 Å². The fourth-order valence-electron chi connectivity index (χ4n) is 1.33. The molecule has 1 atom stereocenters. The number of rotatable bonds is 7. The Bertz CT molecular complexity index is 423. The van der Waals surface area contributed by atoms with Crippen LogP contribution in [-0.4, -0.2) is 41.6 Å². The van der Waals surface area contributed by atoms with Gasteiger partial charge in [0.1, 0.15) is 18.5 Å². The van der Waals surface area contributed by atoms with Gasteiger partial charge in [0.05, 0.1) is 18.2 Å². The number of hydrogen-bond acceptors (Lipinski definition) is 5. The van der Waals surface area contributed by atoms with E-state index >= 15 is 0 Å². The Hall–Kier alpha value is -1.61. The minimum atomic E-state index is -0.665. The van der Waals surface area contributed by atoms with Crippen molar-refractivity contribution in [3.8, 4) is 11.8 Å². The van der Waals surface area contributed by atoms with Gasteiger partial charge < -0.3 is 20.3 Å². The molecule has 5 nitrogen and oxygen atoms in total. The Kier molecular flexibility index (Phi) is 5.77. The summed E-state index contributed by atoms with van der Waals surface area (Å²) in [6, 6.07) is 8.73. The molecule has 0 heterocycles. The second-order valence-electron chi connectivity index (χ2n) is 5.02. The lowest BCUT2D eigenvalue weighted by Gasteiger charge is -2.25. The van der Waals surface area contributed by atoms with Crippen molar-refractivity contribution in [3.05, 3.63) is 29.8 Å². The summed E-state index contributed by atoms with van der Waals surface area (Å²) in [6.07, 6.45) is -0.665. The highest BCUT2D eigenvalue weighted by atomic mass is 16.5. The van der Waals surface area contributed by atoms with Gasteiger partial charge in [0.25, 0.3) is 0 Å². The summed E-state index contributed by atoms with van der Waals surface area (Å²) in [4.78, 5) is 0. The zero-order chi connectivity index (χ0) is 14.3. The molecule has 0 radical (unpaired) electrons. The van der Waals surface area contributed by atoms with Gasteiger partial charge >= 0.3 is 0 Å². The van der Waals surface area contributed by atoms with Crippen LogP contribution < -0.4 is 10.1 Å². The summed E-state index contributed by atoms with van der Waals surface area (Å²) in [7, 11) is 0. The molecule has 5 heteroatoms. The molecule has 0 aliphatic carbocycles. The van der Waals surface area contributed by atoms with E-state index in [-0.39, 0.29) is 13.2 Å². The molecular formula is C14H20N2O3. The second kappa shape index (κ2) is 7.10. The molecule has 1 aromatic rings. The third kappa shape index (κ3) is 5.71. The summed E-state index contributed by atoms with van der Waals surface area (Å²) in [5.41, 5.74) is 0.148. The van der Waals surface area contributed by atoms with Crippen molar-refractivity contribution < 1.29 is 14.9 Å². The van der Waals surface area contributed by atoms with E-state index in [0.29, 0.717) is 17.9 Å². The van der Waals surface area contributed by atoms with Gasteiger partial charge in [0, 0.05) is 12.1 Å². The van der Waals surface area contributed by atoms with Crippen LogP contribution in [-0.2, 0) is 0 Å². The van der Waals surface area contributed by atoms with Crippen LogP contribution in [0.3, 0.4) is 0 Å². The van der Waals surface area contributed by atoms with Crippen LogP contribution in [0.5, 0.6) is 5.75 Å². The molecule has 0 aliphatic heterocycles. The normalized spacial score (nSPS) is 12.8. The molecule has 0 bridgehead atoms. The fourth-order valence-corrected chi connectivity index (χ4v) is 1.33. The maximum Gasteiger partial charge on any atom is 0.119 e.